The summed E-state index contributed by atoms with van der Waals surface area (Å²) in [6, 6.07) is 14.3. The van der Waals surface area contributed by atoms with Crippen molar-refractivity contribution in [2.45, 2.75) is 43.6 Å². The summed E-state index contributed by atoms with van der Waals surface area (Å²) in [4.78, 5) is 45.0. The number of rotatable bonds is 10. The van der Waals surface area contributed by atoms with Gasteiger partial charge in [-0.2, -0.15) is 0 Å². The molecule has 2 unspecified atom stereocenters. The van der Waals surface area contributed by atoms with E-state index < -0.39 is 48.2 Å². The molecular formula is C30H34N2O7. The average Bonchev–Trinajstić information content (AvgIpc) is 3.60. The number of amides is 2. The van der Waals surface area contributed by atoms with E-state index in [1.165, 1.54) is 4.90 Å². The van der Waals surface area contributed by atoms with Crippen LogP contribution in [-0.4, -0.2) is 72.4 Å². The van der Waals surface area contributed by atoms with Gasteiger partial charge in [0.05, 0.1) is 44.3 Å². The second-order valence-corrected chi connectivity index (χ2v) is 10.1. The van der Waals surface area contributed by atoms with E-state index in [1.807, 2.05) is 30.3 Å². The Morgan fingerprint density at radius 3 is 2.56 bits per heavy atom. The maximum atomic E-state index is 14.6. The number of hydrogen-bond acceptors (Lipinski definition) is 7. The molecule has 3 aliphatic rings. The molecule has 206 valence electrons. The molecule has 3 aliphatic heterocycles. The Morgan fingerprint density at radius 2 is 1.95 bits per heavy atom. The number of methoxy groups -OCH3 is 1. The van der Waals surface area contributed by atoms with Crippen LogP contribution in [0, 0.1) is 11.8 Å². The van der Waals surface area contributed by atoms with Gasteiger partial charge in [-0.3, -0.25) is 14.4 Å². The lowest BCUT2D eigenvalue weighted by Gasteiger charge is -2.39. The highest BCUT2D eigenvalue weighted by Crippen LogP contribution is 2.60. The largest absolute Gasteiger partial charge is 0.497 e. The van der Waals surface area contributed by atoms with Crippen LogP contribution in [0.15, 0.2) is 67.3 Å². The van der Waals surface area contributed by atoms with Crippen LogP contribution in [0.2, 0.25) is 0 Å². The summed E-state index contributed by atoms with van der Waals surface area (Å²) in [6.07, 6.45) is 2.08. The van der Waals surface area contributed by atoms with E-state index in [0.29, 0.717) is 29.8 Å². The summed E-state index contributed by atoms with van der Waals surface area (Å²) in [5.41, 5.74) is 0.0665. The molecule has 9 nitrogen and oxygen atoms in total. The van der Waals surface area contributed by atoms with Crippen molar-refractivity contribution in [1.29, 1.82) is 0 Å². The molecule has 0 radical (unpaired) electrons. The fourth-order valence-corrected chi connectivity index (χ4v) is 6.60. The quantitative estimate of drug-likeness (QED) is 0.369. The molecule has 0 aliphatic carbocycles. The van der Waals surface area contributed by atoms with E-state index in [1.54, 1.807) is 49.3 Å². The molecule has 6 atom stereocenters. The Bertz CT molecular complexity index is 1230. The summed E-state index contributed by atoms with van der Waals surface area (Å²) < 4.78 is 17.1. The number of fused-ring (bicyclic) bond motifs is 1. The highest BCUT2D eigenvalue weighted by molar-refractivity contribution is 6.05. The molecular weight excluding hydrogens is 500 g/mol. The van der Waals surface area contributed by atoms with Crippen LogP contribution in [0.1, 0.15) is 31.4 Å². The van der Waals surface area contributed by atoms with E-state index in [9.17, 15) is 19.5 Å². The normalized spacial score (nSPS) is 27.7. The number of carbonyl (C=O) groups excluding carboxylic acids is 3. The smallest absolute Gasteiger partial charge is 0.312 e. The number of benzene rings is 2. The minimum absolute atomic E-state index is 0.176. The number of aliphatic hydroxyl groups excluding tert-OH is 1. The Morgan fingerprint density at radius 1 is 1.23 bits per heavy atom. The number of carbonyl (C=O) groups is 3. The fourth-order valence-electron chi connectivity index (χ4n) is 6.60. The lowest BCUT2D eigenvalue weighted by Crippen LogP contribution is -2.57. The Hall–Kier alpha value is -3.69. The predicted molar refractivity (Wildman–Crippen MR) is 143 cm³/mol. The number of hydrogen-bond donors (Lipinski definition) is 1. The number of likely N-dealkylation sites (tertiary alicyclic amines) is 1. The van der Waals surface area contributed by atoms with Gasteiger partial charge in [-0.1, -0.05) is 36.4 Å². The monoisotopic (exact) mass is 534 g/mol. The number of esters is 1. The number of aliphatic hydroxyl groups is 1. The summed E-state index contributed by atoms with van der Waals surface area (Å²) >= 11 is 0. The van der Waals surface area contributed by atoms with Gasteiger partial charge in [-0.05, 0) is 49.6 Å². The van der Waals surface area contributed by atoms with Crippen LogP contribution in [0.4, 0.5) is 5.69 Å². The summed E-state index contributed by atoms with van der Waals surface area (Å²) in [7, 11) is 1.56. The van der Waals surface area contributed by atoms with Crippen molar-refractivity contribution < 1.29 is 33.7 Å². The van der Waals surface area contributed by atoms with Crippen LogP contribution in [0.25, 0.3) is 0 Å². The maximum Gasteiger partial charge on any atom is 0.312 e. The molecule has 0 saturated carbocycles. The average molecular weight is 535 g/mol. The highest BCUT2D eigenvalue weighted by atomic mass is 16.6. The third-order valence-corrected chi connectivity index (χ3v) is 8.19. The fraction of sp³-hybridized carbons (Fsp3) is 0.433. The molecule has 2 aromatic carbocycles. The van der Waals surface area contributed by atoms with Gasteiger partial charge >= 0.3 is 5.97 Å². The lowest BCUT2D eigenvalue weighted by atomic mass is 9.70. The molecule has 1 N–H and O–H groups in total. The molecule has 3 heterocycles. The molecule has 9 heteroatoms. The molecule has 1 spiro atoms. The van der Waals surface area contributed by atoms with Crippen molar-refractivity contribution in [2.75, 3.05) is 31.8 Å². The van der Waals surface area contributed by atoms with E-state index in [0.717, 1.165) is 0 Å². The van der Waals surface area contributed by atoms with Gasteiger partial charge in [0.25, 0.3) is 5.91 Å². The summed E-state index contributed by atoms with van der Waals surface area (Å²) in [5.74, 6) is -2.30. The second kappa shape index (κ2) is 10.8. The first-order chi connectivity index (χ1) is 18.9. The second-order valence-electron chi connectivity index (χ2n) is 10.1. The van der Waals surface area contributed by atoms with Gasteiger partial charge in [-0.15, -0.1) is 6.58 Å². The molecule has 39 heavy (non-hydrogen) atoms. The number of ether oxygens (including phenoxy) is 3. The van der Waals surface area contributed by atoms with Crippen LogP contribution < -0.4 is 9.64 Å². The van der Waals surface area contributed by atoms with Crippen LogP contribution in [0.3, 0.4) is 0 Å². The first-order valence-corrected chi connectivity index (χ1v) is 13.3. The molecule has 2 bridgehead atoms. The SMILES string of the molecule is C=CCN(C(=O)C1N([C@H](CO)c2ccccc2)C(=O)[C@@H]2[C@H](C(=O)OCC)[C@@H]3CCC12O3)c1ccc(OC)cc1. The third kappa shape index (κ3) is 4.30. The molecule has 5 rings (SSSR count). The van der Waals surface area contributed by atoms with Crippen LogP contribution >= 0.6 is 0 Å². The zero-order chi connectivity index (χ0) is 27.7. The van der Waals surface area contributed by atoms with Gasteiger partial charge < -0.3 is 29.1 Å². The van der Waals surface area contributed by atoms with Crippen LogP contribution in [0.5, 0.6) is 5.75 Å². The van der Waals surface area contributed by atoms with Crippen molar-refractivity contribution in [3.63, 3.8) is 0 Å². The zero-order valence-corrected chi connectivity index (χ0v) is 22.2. The number of anilines is 1. The standard InChI is InChI=1S/C30H34N2O7/c1-4-17-31(20-11-13-21(37-3)14-12-20)28(35)26-30-16-15-23(39-30)24(29(36)38-5-2)25(30)27(34)32(26)22(18-33)19-9-7-6-8-10-19/h4,6-14,22-26,33H,1,5,15-18H2,2-3H3/t22-,23+,24-,25+,26?,30?/m1/s1. The molecule has 2 amide bonds. The van der Waals surface area contributed by atoms with Crippen molar-refractivity contribution in [3.05, 3.63) is 72.8 Å². The van der Waals surface area contributed by atoms with Gasteiger partial charge in [0.2, 0.25) is 5.91 Å². The van der Waals surface area contributed by atoms with Crippen molar-refractivity contribution >= 4 is 23.5 Å². The molecule has 2 aromatic rings. The first-order valence-electron chi connectivity index (χ1n) is 13.3. The van der Waals surface area contributed by atoms with Gasteiger partial charge in [-0.25, -0.2) is 0 Å². The van der Waals surface area contributed by atoms with Gasteiger partial charge in [0, 0.05) is 12.2 Å². The topological polar surface area (TPSA) is 106 Å². The Labute approximate surface area is 227 Å². The number of nitrogens with zero attached hydrogens (tertiary/aromatic N) is 2. The highest BCUT2D eigenvalue weighted by Gasteiger charge is 2.75. The van der Waals surface area contributed by atoms with E-state index in [4.69, 9.17) is 14.2 Å². The Kier molecular flexibility index (Phi) is 7.46. The van der Waals surface area contributed by atoms with Crippen molar-refractivity contribution in [3.8, 4) is 5.75 Å². The van der Waals surface area contributed by atoms with Crippen LogP contribution in [-0.2, 0) is 23.9 Å². The van der Waals surface area contributed by atoms with Crippen molar-refractivity contribution in [1.82, 2.24) is 4.90 Å². The third-order valence-electron chi connectivity index (χ3n) is 8.19. The lowest BCUT2D eigenvalue weighted by molar-refractivity contribution is -0.155. The van der Waals surface area contributed by atoms with E-state index >= 15 is 0 Å². The summed E-state index contributed by atoms with van der Waals surface area (Å²) in [5, 5.41) is 10.6. The van der Waals surface area contributed by atoms with Crippen molar-refractivity contribution in [2.24, 2.45) is 11.8 Å². The van der Waals surface area contributed by atoms with E-state index in [2.05, 4.69) is 6.58 Å². The molecule has 0 aromatic heterocycles. The van der Waals surface area contributed by atoms with E-state index in [-0.39, 0.29) is 25.0 Å². The predicted octanol–water partition coefficient (Wildman–Crippen LogP) is 2.89. The minimum Gasteiger partial charge on any atom is -0.497 e. The first kappa shape index (κ1) is 26.9. The minimum atomic E-state index is -1.22. The zero-order valence-electron chi connectivity index (χ0n) is 22.2. The Balaban J connectivity index is 1.63. The van der Waals surface area contributed by atoms with Gasteiger partial charge in [0.15, 0.2) is 0 Å². The maximum absolute atomic E-state index is 14.6. The van der Waals surface area contributed by atoms with Gasteiger partial charge in [0.1, 0.15) is 17.4 Å². The molecule has 3 saturated heterocycles. The molecule has 3 fully saturated rings. The summed E-state index contributed by atoms with van der Waals surface area (Å²) in [6.45, 7) is 5.51.